The number of halogens is 2. The number of carbonyl (C=O) groups excluding carboxylic acids is 1. The van der Waals surface area contributed by atoms with Crippen LogP contribution in [0.4, 0.5) is 11.5 Å². The fraction of sp³-hybridized carbons (Fsp3) is 0.235. The lowest BCUT2D eigenvalue weighted by atomic mass is 9.90. The van der Waals surface area contributed by atoms with Gasteiger partial charge in [-0.3, -0.25) is 10.2 Å². The van der Waals surface area contributed by atoms with E-state index in [-0.39, 0.29) is 11.6 Å². The fourth-order valence-electron chi connectivity index (χ4n) is 1.71. The van der Waals surface area contributed by atoms with E-state index in [1.165, 1.54) is 6.20 Å². The van der Waals surface area contributed by atoms with Crippen molar-refractivity contribution in [2.24, 2.45) is 10.5 Å². The minimum atomic E-state index is -0.597. The van der Waals surface area contributed by atoms with Crippen molar-refractivity contribution in [2.75, 3.05) is 10.7 Å². The van der Waals surface area contributed by atoms with Crippen molar-refractivity contribution in [1.82, 2.24) is 4.98 Å². The molecule has 0 saturated carbocycles. The third-order valence-electron chi connectivity index (χ3n) is 3.01. The highest BCUT2D eigenvalue weighted by molar-refractivity contribution is 6.44. The number of rotatable bonds is 4. The average molecular weight is 365 g/mol. The zero-order valence-corrected chi connectivity index (χ0v) is 15.1. The van der Waals surface area contributed by atoms with Crippen molar-refractivity contribution in [1.29, 1.82) is 0 Å². The maximum Gasteiger partial charge on any atom is 0.205 e. The van der Waals surface area contributed by atoms with Gasteiger partial charge < -0.3 is 5.32 Å². The molecule has 24 heavy (non-hydrogen) atoms. The van der Waals surface area contributed by atoms with E-state index < -0.39 is 5.41 Å². The minimum absolute atomic E-state index is 0.152. The van der Waals surface area contributed by atoms with Crippen LogP contribution < -0.4 is 10.7 Å². The summed E-state index contributed by atoms with van der Waals surface area (Å²) in [5.41, 5.74) is 2.96. The number of ketones is 1. The highest BCUT2D eigenvalue weighted by atomic mass is 35.5. The molecule has 0 aliphatic carbocycles. The number of hydrogen-bond donors (Lipinski definition) is 2. The van der Waals surface area contributed by atoms with E-state index in [2.05, 4.69) is 20.8 Å². The monoisotopic (exact) mass is 364 g/mol. The van der Waals surface area contributed by atoms with E-state index in [1.807, 2.05) is 20.8 Å². The van der Waals surface area contributed by atoms with Gasteiger partial charge in [0.05, 0.1) is 10.7 Å². The fourth-order valence-corrected chi connectivity index (χ4v) is 1.94. The summed E-state index contributed by atoms with van der Waals surface area (Å²) in [5, 5.41) is 8.27. The summed E-state index contributed by atoms with van der Waals surface area (Å²) in [6.45, 7) is 5.47. The second kappa shape index (κ2) is 7.64. The van der Waals surface area contributed by atoms with Crippen molar-refractivity contribution in [3.63, 3.8) is 0 Å². The van der Waals surface area contributed by atoms with Crippen LogP contribution in [0.2, 0.25) is 10.0 Å². The van der Waals surface area contributed by atoms with Gasteiger partial charge in [-0.15, -0.1) is 0 Å². The van der Waals surface area contributed by atoms with Crippen LogP contribution in [0.5, 0.6) is 0 Å². The third-order valence-corrected chi connectivity index (χ3v) is 3.49. The van der Waals surface area contributed by atoms with Crippen molar-refractivity contribution in [2.45, 2.75) is 20.8 Å². The lowest BCUT2D eigenvalue weighted by molar-refractivity contribution is -0.119. The van der Waals surface area contributed by atoms with E-state index in [9.17, 15) is 4.79 Å². The maximum atomic E-state index is 12.6. The van der Waals surface area contributed by atoms with Crippen molar-refractivity contribution >= 4 is 46.3 Å². The molecule has 0 aliphatic rings. The van der Waals surface area contributed by atoms with Crippen LogP contribution in [0, 0.1) is 5.41 Å². The number of hydrazone groups is 1. The van der Waals surface area contributed by atoms with Gasteiger partial charge in [0.1, 0.15) is 5.82 Å². The van der Waals surface area contributed by atoms with Crippen LogP contribution in [-0.2, 0) is 4.79 Å². The Morgan fingerprint density at radius 3 is 2.21 bits per heavy atom. The van der Waals surface area contributed by atoms with Crippen molar-refractivity contribution in [3.8, 4) is 0 Å². The van der Waals surface area contributed by atoms with Gasteiger partial charge in [0.2, 0.25) is 5.78 Å². The minimum Gasteiger partial charge on any atom is -0.321 e. The molecule has 0 bridgehead atoms. The summed E-state index contributed by atoms with van der Waals surface area (Å²) >= 11 is 11.7. The Labute approximate surface area is 151 Å². The molecule has 0 spiro atoms. The molecule has 0 radical (unpaired) electrons. The van der Waals surface area contributed by atoms with Crippen LogP contribution in [0.1, 0.15) is 20.8 Å². The molecule has 1 aromatic carbocycles. The number of nitrogens with zero attached hydrogens (tertiary/aromatic N) is 2. The molecular formula is C17H18Cl2N4O. The van der Waals surface area contributed by atoms with Gasteiger partial charge in [0.15, 0.2) is 5.84 Å². The molecule has 0 amide bonds. The maximum absolute atomic E-state index is 12.6. The highest BCUT2D eigenvalue weighted by Crippen LogP contribution is 2.18. The zero-order valence-electron chi connectivity index (χ0n) is 13.6. The van der Waals surface area contributed by atoms with Gasteiger partial charge in [-0.25, -0.2) is 4.98 Å². The topological polar surface area (TPSA) is 66.4 Å². The van der Waals surface area contributed by atoms with E-state index in [4.69, 9.17) is 23.2 Å². The van der Waals surface area contributed by atoms with E-state index >= 15 is 0 Å². The number of amidine groups is 1. The Morgan fingerprint density at radius 1 is 1.04 bits per heavy atom. The second-order valence-electron chi connectivity index (χ2n) is 6.14. The number of carbonyl (C=O) groups is 1. The predicted octanol–water partition coefficient (Wildman–Crippen LogP) is 4.84. The first-order valence-electron chi connectivity index (χ1n) is 7.28. The quantitative estimate of drug-likeness (QED) is 0.462. The smallest absolute Gasteiger partial charge is 0.205 e. The molecule has 2 N–H and O–H groups in total. The molecule has 7 heteroatoms. The molecule has 2 aromatic rings. The summed E-state index contributed by atoms with van der Waals surface area (Å²) in [4.78, 5) is 16.7. The van der Waals surface area contributed by atoms with E-state index in [0.29, 0.717) is 21.6 Å². The number of hydrogen-bond acceptors (Lipinski definition) is 4. The van der Waals surface area contributed by atoms with Crippen LogP contribution >= 0.6 is 23.2 Å². The number of pyridine rings is 1. The Kier molecular flexibility index (Phi) is 5.80. The molecule has 1 aromatic heterocycles. The Bertz CT molecular complexity index is 735. The summed E-state index contributed by atoms with van der Waals surface area (Å²) in [5.74, 6) is 0.488. The normalized spacial score (nSPS) is 12.0. The lowest BCUT2D eigenvalue weighted by Gasteiger charge is -2.18. The molecule has 0 unspecified atom stereocenters. The van der Waals surface area contributed by atoms with Crippen LogP contribution in [0.15, 0.2) is 47.7 Å². The molecule has 2 rings (SSSR count). The van der Waals surface area contributed by atoms with Crippen molar-refractivity contribution < 1.29 is 4.79 Å². The molecule has 0 atom stereocenters. The first-order valence-corrected chi connectivity index (χ1v) is 8.04. The summed E-state index contributed by atoms with van der Waals surface area (Å²) < 4.78 is 0. The summed E-state index contributed by atoms with van der Waals surface area (Å²) in [6, 6.07) is 10.4. The van der Waals surface area contributed by atoms with Gasteiger partial charge in [0.25, 0.3) is 0 Å². The molecule has 5 nitrogen and oxygen atoms in total. The molecule has 126 valence electrons. The van der Waals surface area contributed by atoms with Gasteiger partial charge >= 0.3 is 0 Å². The number of anilines is 2. The van der Waals surface area contributed by atoms with Gasteiger partial charge in [-0.2, -0.15) is 5.10 Å². The summed E-state index contributed by atoms with van der Waals surface area (Å²) in [6.07, 6.45) is 1.50. The summed E-state index contributed by atoms with van der Waals surface area (Å²) in [7, 11) is 0. The highest BCUT2D eigenvalue weighted by Gasteiger charge is 2.27. The second-order valence-corrected chi connectivity index (χ2v) is 7.02. The molecule has 0 saturated heterocycles. The number of Topliss-reactive ketones (excluding diaryl/α,β-unsaturated/α-hetero) is 1. The van der Waals surface area contributed by atoms with Gasteiger partial charge in [-0.1, -0.05) is 44.0 Å². The molecule has 1 heterocycles. The Morgan fingerprint density at radius 2 is 1.67 bits per heavy atom. The van der Waals surface area contributed by atoms with Crippen LogP contribution in [-0.4, -0.2) is 16.6 Å². The molecule has 0 fully saturated rings. The average Bonchev–Trinajstić information content (AvgIpc) is 2.53. The molecule has 0 aliphatic heterocycles. The Balaban J connectivity index is 2.24. The molecular weight excluding hydrogens is 347 g/mol. The largest absolute Gasteiger partial charge is 0.321 e. The standard InChI is InChI=1S/C17H18Cl2N4O/c1-17(2,3)15(24)16(21-14-9-6-12(19)10-20-14)23-22-13-7-4-11(18)5-8-13/h4-10,22H,1-3H3,(H,20,21,23). The Hall–Kier alpha value is -2.11. The number of benzene rings is 1. The van der Waals surface area contributed by atoms with E-state index in [0.717, 1.165) is 0 Å². The van der Waals surface area contributed by atoms with E-state index in [1.54, 1.807) is 36.4 Å². The lowest BCUT2D eigenvalue weighted by Crippen LogP contribution is -2.34. The SMILES string of the molecule is CC(C)(C)C(=O)/C(=N/Nc1ccc(Cl)cc1)Nc1ccc(Cl)cn1. The predicted molar refractivity (Wildman–Crippen MR) is 99.8 cm³/mol. The van der Waals surface area contributed by atoms with Crippen LogP contribution in [0.3, 0.4) is 0 Å². The van der Waals surface area contributed by atoms with Crippen LogP contribution in [0.25, 0.3) is 0 Å². The number of aromatic nitrogens is 1. The first-order chi connectivity index (χ1) is 11.3. The zero-order chi connectivity index (χ0) is 17.7. The van der Waals surface area contributed by atoms with Crippen molar-refractivity contribution in [3.05, 3.63) is 52.6 Å². The number of nitrogens with one attached hydrogen (secondary N) is 2. The third kappa shape index (κ3) is 5.22. The van der Waals surface area contributed by atoms with Gasteiger partial charge in [0, 0.05) is 16.6 Å². The van der Waals surface area contributed by atoms with Gasteiger partial charge in [-0.05, 0) is 36.4 Å². The first kappa shape index (κ1) is 18.2.